The zero-order valence-corrected chi connectivity index (χ0v) is 20.9. The number of halogens is 3. The molecule has 1 saturated carbocycles. The maximum Gasteiger partial charge on any atom is 0.428 e. The lowest BCUT2D eigenvalue weighted by Crippen LogP contribution is -2.53. The van der Waals surface area contributed by atoms with Gasteiger partial charge in [0.15, 0.2) is 0 Å². The van der Waals surface area contributed by atoms with Crippen LogP contribution in [0.5, 0.6) is 0 Å². The van der Waals surface area contributed by atoms with Gasteiger partial charge in [0.25, 0.3) is 0 Å². The lowest BCUT2D eigenvalue weighted by molar-refractivity contribution is -0.284. The Morgan fingerprint density at radius 3 is 2.41 bits per heavy atom. The van der Waals surface area contributed by atoms with Crippen LogP contribution in [0.2, 0.25) is 0 Å². The molecule has 37 heavy (non-hydrogen) atoms. The molecule has 0 bridgehead atoms. The number of alkyl halides is 3. The third kappa shape index (κ3) is 6.32. The Bertz CT molecular complexity index is 1180. The third-order valence-corrected chi connectivity index (χ3v) is 7.33. The van der Waals surface area contributed by atoms with Crippen molar-refractivity contribution in [3.8, 4) is 11.8 Å². The summed E-state index contributed by atoms with van der Waals surface area (Å²) in [7, 11) is 2.10. The molecule has 0 aliphatic heterocycles. The van der Waals surface area contributed by atoms with Gasteiger partial charge in [-0.1, -0.05) is 30.0 Å². The zero-order chi connectivity index (χ0) is 27.2. The van der Waals surface area contributed by atoms with Crippen molar-refractivity contribution >= 4 is 29.2 Å². The van der Waals surface area contributed by atoms with E-state index in [0.29, 0.717) is 16.9 Å². The number of carbonyl (C=O) groups excluding carboxylic acids is 3. The fourth-order valence-electron chi connectivity index (χ4n) is 4.46. The number of benzene rings is 1. The average Bonchev–Trinajstić information content (AvgIpc) is 3.45. The molecule has 2 aromatic rings. The molecular formula is C26H25F3O7S. The molecule has 1 aliphatic carbocycles. The van der Waals surface area contributed by atoms with E-state index in [-0.39, 0.29) is 12.8 Å². The lowest BCUT2D eigenvalue weighted by atomic mass is 9.81. The van der Waals surface area contributed by atoms with Crippen molar-refractivity contribution in [2.45, 2.75) is 43.6 Å². The summed E-state index contributed by atoms with van der Waals surface area (Å²) >= 11 is 1.16. The Morgan fingerprint density at radius 2 is 1.78 bits per heavy atom. The number of aliphatic hydroxyl groups excluding tert-OH is 1. The van der Waals surface area contributed by atoms with Crippen molar-refractivity contribution in [2.24, 2.45) is 11.8 Å². The van der Waals surface area contributed by atoms with E-state index in [1.165, 1.54) is 7.11 Å². The minimum atomic E-state index is -5.10. The van der Waals surface area contributed by atoms with Gasteiger partial charge in [-0.25, -0.2) is 14.4 Å². The van der Waals surface area contributed by atoms with E-state index in [4.69, 9.17) is 4.74 Å². The second-order valence-corrected chi connectivity index (χ2v) is 9.63. The van der Waals surface area contributed by atoms with E-state index in [1.807, 2.05) is 0 Å². The maximum absolute atomic E-state index is 14.5. The molecule has 198 valence electrons. The van der Waals surface area contributed by atoms with Crippen molar-refractivity contribution in [3.05, 3.63) is 57.8 Å². The number of aryl methyl sites for hydroxylation is 1. The average molecular weight is 539 g/mol. The summed E-state index contributed by atoms with van der Waals surface area (Å²) in [6, 6.07) is 11.8. The highest BCUT2D eigenvalue weighted by Gasteiger charge is 2.69. The van der Waals surface area contributed by atoms with E-state index in [2.05, 4.69) is 21.3 Å². The number of rotatable bonds is 6. The topological polar surface area (TPSA) is 99.1 Å². The van der Waals surface area contributed by atoms with Gasteiger partial charge < -0.3 is 19.3 Å². The molecular weight excluding hydrogens is 513 g/mol. The fraction of sp³-hybridized carbons (Fsp3) is 0.423. The number of ether oxygens (including phenoxy) is 3. The molecule has 0 saturated heterocycles. The van der Waals surface area contributed by atoms with E-state index in [1.54, 1.807) is 42.5 Å². The summed E-state index contributed by atoms with van der Waals surface area (Å²) in [5.74, 6) is -1.01. The molecule has 1 heterocycles. The van der Waals surface area contributed by atoms with Gasteiger partial charge in [-0.15, -0.1) is 11.3 Å². The van der Waals surface area contributed by atoms with Crippen LogP contribution in [-0.4, -0.2) is 55.1 Å². The van der Waals surface area contributed by atoms with Crippen LogP contribution in [-0.2, 0) is 30.2 Å². The molecule has 1 fully saturated rings. The zero-order valence-electron chi connectivity index (χ0n) is 20.0. The van der Waals surface area contributed by atoms with Crippen molar-refractivity contribution in [1.82, 2.24) is 0 Å². The quantitative estimate of drug-likeness (QED) is 0.258. The molecule has 1 aromatic heterocycles. The molecule has 4 atom stereocenters. The molecule has 0 radical (unpaired) electrons. The number of aliphatic hydroxyl groups is 1. The fourth-order valence-corrected chi connectivity index (χ4v) is 5.42. The summed E-state index contributed by atoms with van der Waals surface area (Å²) in [6.07, 6.45) is -7.25. The van der Waals surface area contributed by atoms with Crippen LogP contribution in [0.25, 0.3) is 0 Å². The van der Waals surface area contributed by atoms with Crippen LogP contribution in [0, 0.1) is 23.7 Å². The largest absolute Gasteiger partial charge is 0.465 e. The molecule has 0 unspecified atom stereocenters. The van der Waals surface area contributed by atoms with Gasteiger partial charge in [0, 0.05) is 22.8 Å². The van der Waals surface area contributed by atoms with Crippen LogP contribution in [0.4, 0.5) is 13.2 Å². The number of hydrogen-bond acceptors (Lipinski definition) is 8. The van der Waals surface area contributed by atoms with Gasteiger partial charge in [0.1, 0.15) is 4.88 Å². The number of esters is 3. The molecule has 1 aromatic carbocycles. The molecule has 1 aliphatic rings. The van der Waals surface area contributed by atoms with Gasteiger partial charge in [-0.05, 0) is 43.5 Å². The van der Waals surface area contributed by atoms with E-state index >= 15 is 0 Å². The molecule has 7 nitrogen and oxygen atoms in total. The second-order valence-electron chi connectivity index (χ2n) is 8.46. The highest BCUT2D eigenvalue weighted by Crippen LogP contribution is 2.54. The first-order valence-corrected chi connectivity index (χ1v) is 12.1. The Hall–Kier alpha value is -3.36. The van der Waals surface area contributed by atoms with Crippen LogP contribution in [0.3, 0.4) is 0 Å². The molecule has 1 N–H and O–H groups in total. The molecule has 0 amide bonds. The summed E-state index contributed by atoms with van der Waals surface area (Å²) in [5, 5.41) is 10.7. The molecule has 3 rings (SSSR count). The Labute approximate surface area is 215 Å². The predicted molar refractivity (Wildman–Crippen MR) is 126 cm³/mol. The Morgan fingerprint density at radius 1 is 1.08 bits per heavy atom. The molecule has 0 spiro atoms. The normalized spacial score (nSPS) is 23.0. The second kappa shape index (κ2) is 11.8. The summed E-state index contributed by atoms with van der Waals surface area (Å²) in [4.78, 5) is 36.6. The van der Waals surface area contributed by atoms with E-state index in [0.717, 1.165) is 23.3 Å². The van der Waals surface area contributed by atoms with Gasteiger partial charge in [-0.3, -0.25) is 0 Å². The van der Waals surface area contributed by atoms with Gasteiger partial charge in [0.05, 0.1) is 26.2 Å². The van der Waals surface area contributed by atoms with Crippen molar-refractivity contribution in [2.75, 3.05) is 14.2 Å². The number of thiophene rings is 1. The number of methoxy groups -OCH3 is 2. The van der Waals surface area contributed by atoms with Crippen LogP contribution >= 0.6 is 11.3 Å². The lowest BCUT2D eigenvalue weighted by Gasteiger charge is -2.37. The summed E-state index contributed by atoms with van der Waals surface area (Å²) in [6.45, 7) is 0. The minimum Gasteiger partial charge on any atom is -0.465 e. The summed E-state index contributed by atoms with van der Waals surface area (Å²) < 4.78 is 57.4. The molecule has 11 heteroatoms. The maximum atomic E-state index is 14.5. The standard InChI is InChI=1S/C26H25F3O7S/c1-34-22(31)21-14-12-17(37-21)9-6-10-19-18(13-11-16-7-4-3-5-8-16)20(30)15-25(19,26(27,28)29)36-24(33)23(32)35-2/h3-5,7-8,12,14,18-20,30H,6,9-10,15H2,1-2H3/t18-,19-,20-,25+/m1/s1. The SMILES string of the molecule is COC(=O)C(=O)O[C@@]1(C(F)(F)F)C[C@@H](O)[C@H](C#Cc2ccccc2)[C@H]1CCCc1ccc(C(=O)OC)s1. The number of carbonyl (C=O) groups is 3. The smallest absolute Gasteiger partial charge is 0.428 e. The Kier molecular flexibility index (Phi) is 8.99. The van der Waals surface area contributed by atoms with Gasteiger partial charge in [0.2, 0.25) is 5.60 Å². The first-order chi connectivity index (χ1) is 17.5. The van der Waals surface area contributed by atoms with Crippen molar-refractivity contribution in [3.63, 3.8) is 0 Å². The predicted octanol–water partition coefficient (Wildman–Crippen LogP) is 3.92. The van der Waals surface area contributed by atoms with E-state index in [9.17, 15) is 32.7 Å². The monoisotopic (exact) mass is 538 g/mol. The van der Waals surface area contributed by atoms with Crippen molar-refractivity contribution in [1.29, 1.82) is 0 Å². The Balaban J connectivity index is 1.93. The van der Waals surface area contributed by atoms with Crippen molar-refractivity contribution < 1.29 is 46.9 Å². The number of hydrogen-bond donors (Lipinski definition) is 1. The van der Waals surface area contributed by atoms with E-state index < -0.39 is 54.0 Å². The third-order valence-electron chi connectivity index (χ3n) is 6.21. The van der Waals surface area contributed by atoms with Gasteiger partial charge >= 0.3 is 24.1 Å². The van der Waals surface area contributed by atoms with Crippen LogP contribution < -0.4 is 0 Å². The highest BCUT2D eigenvalue weighted by molar-refractivity contribution is 7.13. The highest BCUT2D eigenvalue weighted by atomic mass is 32.1. The first kappa shape index (κ1) is 28.2. The van der Waals surface area contributed by atoms with Crippen LogP contribution in [0.15, 0.2) is 42.5 Å². The summed E-state index contributed by atoms with van der Waals surface area (Å²) in [5.41, 5.74) is -2.60. The minimum absolute atomic E-state index is 0.134. The first-order valence-electron chi connectivity index (χ1n) is 11.3. The van der Waals surface area contributed by atoms with Crippen LogP contribution in [0.1, 0.15) is 39.4 Å². The van der Waals surface area contributed by atoms with Gasteiger partial charge in [-0.2, -0.15) is 13.2 Å².